The lowest BCUT2D eigenvalue weighted by atomic mass is 10.1. The summed E-state index contributed by atoms with van der Waals surface area (Å²) in [5.41, 5.74) is 1.01. The van der Waals surface area contributed by atoms with Crippen LogP contribution in [0.5, 0.6) is 5.75 Å². The van der Waals surface area contributed by atoms with Crippen LogP contribution in [-0.4, -0.2) is 12.9 Å². The summed E-state index contributed by atoms with van der Waals surface area (Å²) in [7, 11) is 1.54. The quantitative estimate of drug-likeness (QED) is 0.810. The zero-order valence-corrected chi connectivity index (χ0v) is 10.2. The van der Waals surface area contributed by atoms with E-state index in [0.29, 0.717) is 21.5 Å². The van der Waals surface area contributed by atoms with Gasteiger partial charge in [0.2, 0.25) is 5.78 Å². The van der Waals surface area contributed by atoms with Crippen LogP contribution in [0.3, 0.4) is 0 Å². The van der Waals surface area contributed by atoms with Gasteiger partial charge in [0, 0.05) is 0 Å². The second kappa shape index (κ2) is 4.53. The number of ether oxygens (including phenoxy) is 1. The second-order valence-electron chi connectivity index (χ2n) is 3.14. The fraction of sp³-hybridized carbons (Fsp3) is 0.0833. The Morgan fingerprint density at radius 1 is 1.25 bits per heavy atom. The molecule has 0 fully saturated rings. The number of carbonyl (C=O) groups is 1. The minimum absolute atomic E-state index is 0.127. The Morgan fingerprint density at radius 3 is 2.62 bits per heavy atom. The normalized spacial score (nSPS) is 10.1. The Morgan fingerprint density at radius 2 is 2.00 bits per heavy atom. The molecule has 16 heavy (non-hydrogen) atoms. The van der Waals surface area contributed by atoms with E-state index < -0.39 is 0 Å². The molecule has 0 aliphatic rings. The van der Waals surface area contributed by atoms with Crippen LogP contribution in [0.1, 0.15) is 15.9 Å². The van der Waals surface area contributed by atoms with Crippen LogP contribution in [0.4, 0.5) is 0 Å². The van der Waals surface area contributed by atoms with Crippen molar-refractivity contribution in [3.63, 3.8) is 0 Å². The molecule has 1 aromatic carbocycles. The summed E-state index contributed by atoms with van der Waals surface area (Å²) in [6.07, 6.45) is 1.47. The first-order valence-electron chi connectivity index (χ1n) is 4.64. The summed E-state index contributed by atoms with van der Waals surface area (Å²) in [4.78, 5) is 12.1. The lowest BCUT2D eigenvalue weighted by Gasteiger charge is -2.05. The Bertz CT molecular complexity index is 516. The van der Waals surface area contributed by atoms with E-state index in [1.54, 1.807) is 24.3 Å². The molecule has 0 amide bonds. The van der Waals surface area contributed by atoms with Gasteiger partial charge >= 0.3 is 0 Å². The number of ketones is 1. The van der Waals surface area contributed by atoms with Crippen molar-refractivity contribution >= 4 is 21.7 Å². The minimum Gasteiger partial charge on any atom is -0.496 e. The molecule has 1 heterocycles. The monoisotopic (exact) mass is 280 g/mol. The number of hydrogen-bond acceptors (Lipinski definition) is 3. The van der Waals surface area contributed by atoms with Crippen molar-refractivity contribution in [2.24, 2.45) is 0 Å². The number of hydrogen-bond donors (Lipinski definition) is 0. The molecule has 1 aromatic heterocycles. The fourth-order valence-electron chi connectivity index (χ4n) is 1.43. The molecule has 0 atom stereocenters. The first-order valence-corrected chi connectivity index (χ1v) is 5.44. The van der Waals surface area contributed by atoms with Crippen molar-refractivity contribution in [1.29, 1.82) is 0 Å². The molecule has 0 spiro atoms. The SMILES string of the molecule is COc1ccccc1C(=O)c1ccoc1Br. The lowest BCUT2D eigenvalue weighted by Crippen LogP contribution is -2.03. The number of carbonyl (C=O) groups excluding carboxylic acids is 1. The van der Waals surface area contributed by atoms with Gasteiger partial charge in [-0.05, 0) is 34.1 Å². The van der Waals surface area contributed by atoms with Gasteiger partial charge in [0.1, 0.15) is 5.75 Å². The van der Waals surface area contributed by atoms with E-state index in [1.165, 1.54) is 13.4 Å². The molecule has 0 bridgehead atoms. The molecule has 0 unspecified atom stereocenters. The van der Waals surface area contributed by atoms with Crippen molar-refractivity contribution in [2.75, 3.05) is 7.11 Å². The highest BCUT2D eigenvalue weighted by Crippen LogP contribution is 2.25. The van der Waals surface area contributed by atoms with Crippen molar-refractivity contribution < 1.29 is 13.9 Å². The van der Waals surface area contributed by atoms with Crippen LogP contribution >= 0.6 is 15.9 Å². The summed E-state index contributed by atoms with van der Waals surface area (Å²) in [5, 5.41) is 0. The molecule has 3 nitrogen and oxygen atoms in total. The van der Waals surface area contributed by atoms with Gasteiger partial charge in [-0.25, -0.2) is 0 Å². The fourth-order valence-corrected chi connectivity index (χ4v) is 1.85. The minimum atomic E-state index is -0.127. The predicted octanol–water partition coefficient (Wildman–Crippen LogP) is 3.28. The maximum atomic E-state index is 12.1. The number of methoxy groups -OCH3 is 1. The molecule has 0 saturated carbocycles. The first-order chi connectivity index (χ1) is 7.74. The maximum Gasteiger partial charge on any atom is 0.201 e. The zero-order chi connectivity index (χ0) is 11.5. The molecule has 82 valence electrons. The number of para-hydroxylation sites is 1. The van der Waals surface area contributed by atoms with Crippen molar-refractivity contribution in [2.45, 2.75) is 0 Å². The van der Waals surface area contributed by atoms with E-state index in [-0.39, 0.29) is 5.78 Å². The molecule has 0 radical (unpaired) electrons. The first kappa shape index (κ1) is 11.0. The second-order valence-corrected chi connectivity index (χ2v) is 3.86. The highest BCUT2D eigenvalue weighted by atomic mass is 79.9. The largest absolute Gasteiger partial charge is 0.496 e. The van der Waals surface area contributed by atoms with Crippen LogP contribution in [0, 0.1) is 0 Å². The van der Waals surface area contributed by atoms with Crippen LogP contribution in [-0.2, 0) is 0 Å². The van der Waals surface area contributed by atoms with Crippen molar-refractivity contribution in [1.82, 2.24) is 0 Å². The Labute approximate surface area is 101 Å². The van der Waals surface area contributed by atoms with E-state index in [2.05, 4.69) is 15.9 Å². The molecule has 0 saturated heterocycles. The van der Waals surface area contributed by atoms with Crippen LogP contribution in [0.2, 0.25) is 0 Å². The van der Waals surface area contributed by atoms with Gasteiger partial charge in [0.25, 0.3) is 0 Å². The highest BCUT2D eigenvalue weighted by molar-refractivity contribution is 9.10. The summed E-state index contributed by atoms with van der Waals surface area (Å²) in [6.45, 7) is 0. The van der Waals surface area contributed by atoms with Gasteiger partial charge in [-0.2, -0.15) is 0 Å². The predicted molar refractivity (Wildman–Crippen MR) is 62.8 cm³/mol. The average Bonchev–Trinajstić information content (AvgIpc) is 2.74. The van der Waals surface area contributed by atoms with E-state index >= 15 is 0 Å². The van der Waals surface area contributed by atoms with Gasteiger partial charge in [-0.1, -0.05) is 12.1 Å². The van der Waals surface area contributed by atoms with Gasteiger partial charge in [0.05, 0.1) is 24.5 Å². The maximum absolute atomic E-state index is 12.1. The molecule has 0 aliphatic heterocycles. The Hall–Kier alpha value is -1.55. The van der Waals surface area contributed by atoms with E-state index in [0.717, 1.165) is 0 Å². The van der Waals surface area contributed by atoms with Gasteiger partial charge in [-0.15, -0.1) is 0 Å². The Balaban J connectivity index is 2.46. The van der Waals surface area contributed by atoms with Crippen LogP contribution < -0.4 is 4.74 Å². The highest BCUT2D eigenvalue weighted by Gasteiger charge is 2.17. The number of benzene rings is 1. The van der Waals surface area contributed by atoms with Crippen LogP contribution in [0.25, 0.3) is 0 Å². The van der Waals surface area contributed by atoms with E-state index in [9.17, 15) is 4.79 Å². The van der Waals surface area contributed by atoms with E-state index in [1.807, 2.05) is 6.07 Å². The standard InChI is InChI=1S/C12H9BrO3/c1-15-10-5-3-2-4-8(10)11(14)9-6-7-16-12(9)13/h2-7H,1H3. The smallest absolute Gasteiger partial charge is 0.201 e. The molecule has 4 heteroatoms. The summed E-state index contributed by atoms with van der Waals surface area (Å²) < 4.78 is 10.6. The third-order valence-corrected chi connectivity index (χ3v) is 2.83. The van der Waals surface area contributed by atoms with Gasteiger partial charge in [-0.3, -0.25) is 4.79 Å². The molecular weight excluding hydrogens is 272 g/mol. The van der Waals surface area contributed by atoms with Crippen LogP contribution in [0.15, 0.2) is 45.7 Å². The van der Waals surface area contributed by atoms with E-state index in [4.69, 9.17) is 9.15 Å². The lowest BCUT2D eigenvalue weighted by molar-refractivity contribution is 0.103. The molecule has 0 N–H and O–H groups in total. The summed E-state index contributed by atoms with van der Waals surface area (Å²) >= 11 is 3.18. The number of furan rings is 1. The summed E-state index contributed by atoms with van der Waals surface area (Å²) in [6, 6.07) is 8.71. The molecule has 0 aliphatic carbocycles. The van der Waals surface area contributed by atoms with Crippen molar-refractivity contribution in [3.05, 3.63) is 52.4 Å². The number of rotatable bonds is 3. The summed E-state index contributed by atoms with van der Waals surface area (Å²) in [5.74, 6) is 0.429. The van der Waals surface area contributed by atoms with Crippen molar-refractivity contribution in [3.8, 4) is 5.75 Å². The molecular formula is C12H9BrO3. The average molecular weight is 281 g/mol. The third-order valence-electron chi connectivity index (χ3n) is 2.21. The number of halogens is 1. The third kappa shape index (κ3) is 1.88. The molecule has 2 aromatic rings. The zero-order valence-electron chi connectivity index (χ0n) is 8.57. The van der Waals surface area contributed by atoms with Gasteiger partial charge in [0.15, 0.2) is 4.67 Å². The molecule has 2 rings (SSSR count). The topological polar surface area (TPSA) is 39.4 Å². The Kier molecular flexibility index (Phi) is 3.10. The van der Waals surface area contributed by atoms with Gasteiger partial charge < -0.3 is 9.15 Å².